The summed E-state index contributed by atoms with van der Waals surface area (Å²) in [6.45, 7) is 2.09. The summed E-state index contributed by atoms with van der Waals surface area (Å²) in [6.07, 6.45) is 3.26. The van der Waals surface area contributed by atoms with Crippen LogP contribution in [0.4, 0.5) is 0 Å². The zero-order valence-electron chi connectivity index (χ0n) is 10.5. The van der Waals surface area contributed by atoms with Gasteiger partial charge < -0.3 is 0 Å². The Morgan fingerprint density at radius 2 is 1.88 bits per heavy atom. The number of piperidine rings is 1. The van der Waals surface area contributed by atoms with Gasteiger partial charge in [0.15, 0.2) is 5.78 Å². The molecular formula is C15H19NO. The minimum atomic E-state index is 0.143. The summed E-state index contributed by atoms with van der Waals surface area (Å²) in [4.78, 5) is 14.7. The van der Waals surface area contributed by atoms with E-state index in [2.05, 4.69) is 43.1 Å². The summed E-state index contributed by atoms with van der Waals surface area (Å²) in [5.41, 5.74) is 2.47. The van der Waals surface area contributed by atoms with Gasteiger partial charge >= 0.3 is 0 Å². The monoisotopic (exact) mass is 229 g/mol. The normalized spacial score (nSPS) is 33.1. The lowest BCUT2D eigenvalue weighted by atomic mass is 9.84. The van der Waals surface area contributed by atoms with Gasteiger partial charge in [0.25, 0.3) is 0 Å². The third-order valence-corrected chi connectivity index (χ3v) is 4.50. The van der Waals surface area contributed by atoms with Gasteiger partial charge in [0.05, 0.1) is 6.04 Å². The molecule has 2 nitrogen and oxygen atoms in total. The maximum Gasteiger partial charge on any atom is 0.157 e. The van der Waals surface area contributed by atoms with Gasteiger partial charge in [0.1, 0.15) is 0 Å². The lowest BCUT2D eigenvalue weighted by molar-refractivity contribution is -0.127. The average molecular weight is 229 g/mol. The number of ketones is 1. The zero-order valence-corrected chi connectivity index (χ0v) is 10.5. The van der Waals surface area contributed by atoms with Gasteiger partial charge in [-0.15, -0.1) is 0 Å². The topological polar surface area (TPSA) is 20.3 Å². The van der Waals surface area contributed by atoms with Crippen molar-refractivity contribution in [3.05, 3.63) is 35.4 Å². The minimum absolute atomic E-state index is 0.143. The Kier molecular flexibility index (Phi) is 2.55. The van der Waals surface area contributed by atoms with Gasteiger partial charge in [-0.05, 0) is 38.8 Å². The smallest absolute Gasteiger partial charge is 0.157 e. The maximum atomic E-state index is 12.4. The van der Waals surface area contributed by atoms with E-state index in [1.165, 1.54) is 17.5 Å². The minimum Gasteiger partial charge on any atom is -0.297 e. The van der Waals surface area contributed by atoms with Gasteiger partial charge in [-0.2, -0.15) is 0 Å². The third-order valence-electron chi connectivity index (χ3n) is 4.50. The van der Waals surface area contributed by atoms with Gasteiger partial charge in [0, 0.05) is 12.0 Å². The fourth-order valence-corrected chi connectivity index (χ4v) is 3.36. The molecule has 0 aromatic heterocycles. The van der Waals surface area contributed by atoms with Crippen LogP contribution in [-0.2, 0) is 4.79 Å². The fraction of sp³-hybridized carbons (Fsp3) is 0.533. The number of aryl methyl sites for hydroxylation is 1. The zero-order chi connectivity index (χ0) is 12.0. The molecule has 1 aromatic carbocycles. The molecule has 2 aliphatic heterocycles. The van der Waals surface area contributed by atoms with E-state index < -0.39 is 0 Å². The molecule has 0 spiro atoms. The first-order valence-corrected chi connectivity index (χ1v) is 6.49. The van der Waals surface area contributed by atoms with Crippen LogP contribution in [0.15, 0.2) is 24.3 Å². The molecule has 0 saturated carbocycles. The molecule has 2 saturated heterocycles. The Labute approximate surface area is 103 Å². The van der Waals surface area contributed by atoms with Crippen molar-refractivity contribution in [2.24, 2.45) is 0 Å². The lowest BCUT2D eigenvalue weighted by Gasteiger charge is -2.35. The molecule has 17 heavy (non-hydrogen) atoms. The second-order valence-electron chi connectivity index (χ2n) is 5.51. The second-order valence-corrected chi connectivity index (χ2v) is 5.51. The molecule has 0 radical (unpaired) electrons. The van der Waals surface area contributed by atoms with Crippen molar-refractivity contribution < 1.29 is 4.79 Å². The molecule has 3 atom stereocenters. The molecule has 2 heterocycles. The van der Waals surface area contributed by atoms with E-state index >= 15 is 0 Å². The number of nitrogens with zero attached hydrogens (tertiary/aromatic N) is 1. The molecule has 0 N–H and O–H groups in total. The third kappa shape index (κ3) is 1.71. The molecule has 2 bridgehead atoms. The maximum absolute atomic E-state index is 12.4. The van der Waals surface area contributed by atoms with Crippen molar-refractivity contribution in [2.45, 2.75) is 44.2 Å². The van der Waals surface area contributed by atoms with Crippen LogP contribution >= 0.6 is 0 Å². The van der Waals surface area contributed by atoms with Crippen molar-refractivity contribution in [3.8, 4) is 0 Å². The van der Waals surface area contributed by atoms with E-state index in [0.29, 0.717) is 11.8 Å². The number of Topliss-reactive ketones (excluding diaryl/α,β-unsaturated/α-hetero) is 1. The standard InChI is InChI=1S/C15H19NO/c1-10-3-5-11(6-4-10)13-9-12-7-8-14(15(13)17)16(12)2/h3-6,12-14H,7-9H2,1-2H3/t12-,13+,14+/m0/s1. The van der Waals surface area contributed by atoms with E-state index in [9.17, 15) is 4.79 Å². The predicted molar refractivity (Wildman–Crippen MR) is 68.1 cm³/mol. The number of carbonyl (C=O) groups is 1. The van der Waals surface area contributed by atoms with Crippen LogP contribution in [0.3, 0.4) is 0 Å². The van der Waals surface area contributed by atoms with Crippen LogP contribution < -0.4 is 0 Å². The van der Waals surface area contributed by atoms with Crippen LogP contribution in [0, 0.1) is 6.92 Å². The quantitative estimate of drug-likeness (QED) is 0.737. The molecule has 0 amide bonds. The highest BCUT2D eigenvalue weighted by atomic mass is 16.1. The van der Waals surface area contributed by atoms with Crippen molar-refractivity contribution in [2.75, 3.05) is 7.05 Å². The summed E-state index contributed by atoms with van der Waals surface area (Å²) in [7, 11) is 2.10. The van der Waals surface area contributed by atoms with Gasteiger partial charge in [-0.3, -0.25) is 9.69 Å². The summed E-state index contributed by atoms with van der Waals surface area (Å²) in [5.74, 6) is 0.578. The number of likely N-dealkylation sites (N-methyl/N-ethyl adjacent to an activating group) is 1. The Hall–Kier alpha value is -1.15. The first kappa shape index (κ1) is 11.0. The van der Waals surface area contributed by atoms with Crippen molar-refractivity contribution in [1.82, 2.24) is 4.90 Å². The number of carbonyl (C=O) groups excluding carboxylic acids is 1. The molecule has 1 aromatic rings. The molecule has 2 aliphatic rings. The molecular weight excluding hydrogens is 210 g/mol. The lowest BCUT2D eigenvalue weighted by Crippen LogP contribution is -2.46. The van der Waals surface area contributed by atoms with Gasteiger partial charge in [-0.1, -0.05) is 29.8 Å². The molecule has 2 fully saturated rings. The number of hydrogen-bond donors (Lipinski definition) is 0. The van der Waals surface area contributed by atoms with E-state index in [-0.39, 0.29) is 12.0 Å². The molecule has 90 valence electrons. The second kappa shape index (κ2) is 3.95. The van der Waals surface area contributed by atoms with E-state index in [1.54, 1.807) is 0 Å². The fourth-order valence-electron chi connectivity index (χ4n) is 3.36. The summed E-state index contributed by atoms with van der Waals surface area (Å²) < 4.78 is 0. The first-order chi connectivity index (χ1) is 8.16. The average Bonchev–Trinajstić information content (AvgIpc) is 2.58. The summed E-state index contributed by atoms with van der Waals surface area (Å²) in [6, 6.07) is 9.28. The summed E-state index contributed by atoms with van der Waals surface area (Å²) >= 11 is 0. The van der Waals surface area contributed by atoms with Crippen molar-refractivity contribution in [1.29, 1.82) is 0 Å². The largest absolute Gasteiger partial charge is 0.297 e. The Morgan fingerprint density at radius 3 is 2.59 bits per heavy atom. The van der Waals surface area contributed by atoms with Crippen LogP contribution in [-0.4, -0.2) is 29.8 Å². The first-order valence-electron chi connectivity index (χ1n) is 6.49. The van der Waals surface area contributed by atoms with Crippen LogP contribution in [0.1, 0.15) is 36.3 Å². The van der Waals surface area contributed by atoms with Gasteiger partial charge in [-0.25, -0.2) is 0 Å². The number of fused-ring (bicyclic) bond motifs is 2. The number of benzene rings is 1. The molecule has 3 rings (SSSR count). The summed E-state index contributed by atoms with van der Waals surface area (Å²) in [5, 5.41) is 0. The van der Waals surface area contributed by atoms with Crippen molar-refractivity contribution >= 4 is 5.78 Å². The Morgan fingerprint density at radius 1 is 1.18 bits per heavy atom. The SMILES string of the molecule is Cc1ccc([C@H]2C[C@@H]3CC[C@H](C2=O)N3C)cc1. The molecule has 2 heteroatoms. The van der Waals surface area contributed by atoms with Crippen LogP contribution in [0.5, 0.6) is 0 Å². The van der Waals surface area contributed by atoms with Crippen molar-refractivity contribution in [3.63, 3.8) is 0 Å². The Bertz CT molecular complexity index is 437. The van der Waals surface area contributed by atoms with E-state index in [1.807, 2.05) is 0 Å². The van der Waals surface area contributed by atoms with Crippen LogP contribution in [0.2, 0.25) is 0 Å². The van der Waals surface area contributed by atoms with Gasteiger partial charge in [0.2, 0.25) is 0 Å². The highest BCUT2D eigenvalue weighted by Crippen LogP contribution is 2.39. The highest BCUT2D eigenvalue weighted by molar-refractivity contribution is 5.91. The van der Waals surface area contributed by atoms with E-state index in [0.717, 1.165) is 12.8 Å². The Balaban J connectivity index is 1.90. The number of rotatable bonds is 1. The number of hydrogen-bond acceptors (Lipinski definition) is 2. The highest BCUT2D eigenvalue weighted by Gasteiger charge is 2.44. The predicted octanol–water partition coefficient (Wildman–Crippen LogP) is 2.51. The van der Waals surface area contributed by atoms with Crippen LogP contribution in [0.25, 0.3) is 0 Å². The van der Waals surface area contributed by atoms with E-state index in [4.69, 9.17) is 0 Å². The molecule has 0 unspecified atom stereocenters. The molecule has 0 aliphatic carbocycles.